The fourth-order valence-corrected chi connectivity index (χ4v) is 1.68. The van der Waals surface area contributed by atoms with Gasteiger partial charge in [-0.25, -0.2) is 4.79 Å². The molecule has 1 atom stereocenters. The van der Waals surface area contributed by atoms with E-state index in [2.05, 4.69) is 27.8 Å². The summed E-state index contributed by atoms with van der Waals surface area (Å²) < 4.78 is 4.97. The Morgan fingerprint density at radius 2 is 2.36 bits per heavy atom. The third-order valence-electron chi connectivity index (χ3n) is 2.17. The van der Waals surface area contributed by atoms with E-state index < -0.39 is 5.76 Å². The van der Waals surface area contributed by atoms with Gasteiger partial charge in [0.05, 0.1) is 5.52 Å². The van der Waals surface area contributed by atoms with Gasteiger partial charge in [-0.2, -0.15) is 0 Å². The Morgan fingerprint density at radius 3 is 3.07 bits per heavy atom. The molecule has 4 heteroatoms. The van der Waals surface area contributed by atoms with Crippen molar-refractivity contribution >= 4 is 27.0 Å². The minimum atomic E-state index is -0.403. The van der Waals surface area contributed by atoms with E-state index in [0.717, 1.165) is 17.5 Å². The summed E-state index contributed by atoms with van der Waals surface area (Å²) in [6.45, 7) is 2.09. The first-order valence-electron chi connectivity index (χ1n) is 4.47. The maximum atomic E-state index is 10.9. The number of fused-ring (bicyclic) bond motifs is 1. The maximum Gasteiger partial charge on any atom is 0.417 e. The average molecular weight is 256 g/mol. The molecule has 1 N–H and O–H groups in total. The van der Waals surface area contributed by atoms with Crippen LogP contribution in [0.2, 0.25) is 0 Å². The summed E-state index contributed by atoms with van der Waals surface area (Å²) >= 11 is 3.55. The van der Waals surface area contributed by atoms with Crippen LogP contribution in [0.4, 0.5) is 0 Å². The highest BCUT2D eigenvalue weighted by atomic mass is 79.9. The van der Waals surface area contributed by atoms with Gasteiger partial charge in [-0.3, -0.25) is 4.98 Å². The quantitative estimate of drug-likeness (QED) is 0.839. The Morgan fingerprint density at radius 1 is 1.57 bits per heavy atom. The summed E-state index contributed by atoms with van der Waals surface area (Å²) in [6, 6.07) is 5.73. The van der Waals surface area contributed by atoms with Gasteiger partial charge >= 0.3 is 5.76 Å². The van der Waals surface area contributed by atoms with Gasteiger partial charge in [0.1, 0.15) is 0 Å². The van der Waals surface area contributed by atoms with Crippen LogP contribution in [0.3, 0.4) is 0 Å². The molecule has 0 spiro atoms. The first-order valence-corrected chi connectivity index (χ1v) is 5.39. The molecule has 1 unspecified atom stereocenters. The molecule has 1 aromatic heterocycles. The van der Waals surface area contributed by atoms with Gasteiger partial charge in [0.2, 0.25) is 0 Å². The van der Waals surface area contributed by atoms with Gasteiger partial charge in [-0.1, -0.05) is 28.9 Å². The highest BCUT2D eigenvalue weighted by molar-refractivity contribution is 9.09. The van der Waals surface area contributed by atoms with Gasteiger partial charge < -0.3 is 4.42 Å². The van der Waals surface area contributed by atoms with E-state index in [0.29, 0.717) is 10.4 Å². The predicted molar refractivity (Wildman–Crippen MR) is 58.8 cm³/mol. The lowest BCUT2D eigenvalue weighted by Gasteiger charge is -2.05. The number of benzene rings is 1. The zero-order valence-electron chi connectivity index (χ0n) is 7.71. The number of halogens is 1. The SMILES string of the molecule is CCC(Br)c1ccc2[nH]c(=O)oc2c1. The second kappa shape index (κ2) is 3.61. The zero-order chi connectivity index (χ0) is 10.1. The molecule has 2 rings (SSSR count). The van der Waals surface area contributed by atoms with Gasteiger partial charge in [0.15, 0.2) is 5.58 Å². The van der Waals surface area contributed by atoms with E-state index in [1.165, 1.54) is 0 Å². The lowest BCUT2D eigenvalue weighted by Crippen LogP contribution is -1.92. The second-order valence-corrected chi connectivity index (χ2v) is 4.25. The predicted octanol–water partition coefficient (Wildman–Crippen LogP) is 2.97. The molecule has 1 heterocycles. The minimum absolute atomic E-state index is 0.312. The van der Waals surface area contributed by atoms with Crippen LogP contribution in [0.5, 0.6) is 0 Å². The van der Waals surface area contributed by atoms with Crippen LogP contribution in [0, 0.1) is 0 Å². The molecule has 0 aliphatic carbocycles. The van der Waals surface area contributed by atoms with Crippen molar-refractivity contribution in [3.05, 3.63) is 34.3 Å². The van der Waals surface area contributed by atoms with Gasteiger partial charge in [0.25, 0.3) is 0 Å². The normalized spacial score (nSPS) is 13.3. The number of H-pyrrole nitrogens is 1. The van der Waals surface area contributed by atoms with Crippen molar-refractivity contribution in [1.82, 2.24) is 4.98 Å². The first kappa shape index (κ1) is 9.52. The highest BCUT2D eigenvalue weighted by Gasteiger charge is 2.07. The van der Waals surface area contributed by atoms with Crippen LogP contribution >= 0.6 is 15.9 Å². The van der Waals surface area contributed by atoms with E-state index in [1.807, 2.05) is 18.2 Å². The van der Waals surface area contributed by atoms with Crippen LogP contribution in [0.1, 0.15) is 23.7 Å². The Kier molecular flexibility index (Phi) is 2.46. The second-order valence-electron chi connectivity index (χ2n) is 3.15. The van der Waals surface area contributed by atoms with Crippen molar-refractivity contribution in [3.8, 4) is 0 Å². The van der Waals surface area contributed by atoms with Crippen molar-refractivity contribution in [2.75, 3.05) is 0 Å². The van der Waals surface area contributed by atoms with E-state index in [1.54, 1.807) is 0 Å². The third-order valence-corrected chi connectivity index (χ3v) is 3.34. The lowest BCUT2D eigenvalue weighted by molar-refractivity contribution is 0.555. The van der Waals surface area contributed by atoms with Crippen molar-refractivity contribution in [3.63, 3.8) is 0 Å². The molecule has 0 bridgehead atoms. The fraction of sp³-hybridized carbons (Fsp3) is 0.300. The number of rotatable bonds is 2. The Labute approximate surface area is 89.3 Å². The van der Waals surface area contributed by atoms with Crippen LogP contribution in [0.25, 0.3) is 11.1 Å². The summed E-state index contributed by atoms with van der Waals surface area (Å²) in [5.41, 5.74) is 2.49. The molecule has 74 valence electrons. The molecule has 2 aromatic rings. The molecule has 0 radical (unpaired) electrons. The molecular formula is C10H10BrNO2. The number of aromatic nitrogens is 1. The first-order chi connectivity index (χ1) is 6.70. The number of aromatic amines is 1. The van der Waals surface area contributed by atoms with Crippen molar-refractivity contribution in [1.29, 1.82) is 0 Å². The van der Waals surface area contributed by atoms with Gasteiger partial charge in [-0.05, 0) is 24.1 Å². The number of hydrogen-bond acceptors (Lipinski definition) is 2. The number of nitrogens with one attached hydrogen (secondary N) is 1. The number of hydrogen-bond donors (Lipinski definition) is 1. The van der Waals surface area contributed by atoms with E-state index in [-0.39, 0.29) is 0 Å². The van der Waals surface area contributed by atoms with Crippen molar-refractivity contribution < 1.29 is 4.42 Å². The average Bonchev–Trinajstić information content (AvgIpc) is 2.55. The molecular weight excluding hydrogens is 246 g/mol. The van der Waals surface area contributed by atoms with Gasteiger partial charge in [0, 0.05) is 4.83 Å². The summed E-state index contributed by atoms with van der Waals surface area (Å²) in [4.78, 5) is 13.8. The third kappa shape index (κ3) is 1.62. The topological polar surface area (TPSA) is 46.0 Å². The minimum Gasteiger partial charge on any atom is -0.408 e. The van der Waals surface area contributed by atoms with Crippen LogP contribution < -0.4 is 5.76 Å². The summed E-state index contributed by atoms with van der Waals surface area (Å²) in [7, 11) is 0. The largest absolute Gasteiger partial charge is 0.417 e. The summed E-state index contributed by atoms with van der Waals surface area (Å²) in [5.74, 6) is -0.403. The molecule has 1 aromatic carbocycles. The number of alkyl halides is 1. The number of oxazole rings is 1. The maximum absolute atomic E-state index is 10.9. The van der Waals surface area contributed by atoms with Crippen LogP contribution in [0.15, 0.2) is 27.4 Å². The fourth-order valence-electron chi connectivity index (χ4n) is 1.39. The zero-order valence-corrected chi connectivity index (χ0v) is 9.30. The van der Waals surface area contributed by atoms with Gasteiger partial charge in [-0.15, -0.1) is 0 Å². The van der Waals surface area contributed by atoms with Crippen molar-refractivity contribution in [2.45, 2.75) is 18.2 Å². The molecule has 14 heavy (non-hydrogen) atoms. The smallest absolute Gasteiger partial charge is 0.408 e. The molecule has 3 nitrogen and oxygen atoms in total. The van der Waals surface area contributed by atoms with Crippen LogP contribution in [-0.2, 0) is 0 Å². The van der Waals surface area contributed by atoms with Crippen LogP contribution in [-0.4, -0.2) is 4.98 Å². The molecule has 0 fully saturated rings. The standard InChI is InChI=1S/C10H10BrNO2/c1-2-7(11)6-3-4-8-9(5-6)14-10(13)12-8/h3-5,7H,2H2,1H3,(H,12,13). The summed E-state index contributed by atoms with van der Waals surface area (Å²) in [5, 5.41) is 0. The Balaban J connectivity index is 2.55. The highest BCUT2D eigenvalue weighted by Crippen LogP contribution is 2.27. The van der Waals surface area contributed by atoms with E-state index >= 15 is 0 Å². The lowest BCUT2D eigenvalue weighted by atomic mass is 10.1. The Hall–Kier alpha value is -1.03. The molecule has 0 aliphatic rings. The van der Waals surface area contributed by atoms with E-state index in [9.17, 15) is 4.79 Å². The molecule has 0 amide bonds. The molecule has 0 saturated carbocycles. The monoisotopic (exact) mass is 255 g/mol. The Bertz CT molecular complexity index is 500. The summed E-state index contributed by atoms with van der Waals surface area (Å²) in [6.07, 6.45) is 1.00. The van der Waals surface area contributed by atoms with Crippen molar-refractivity contribution in [2.24, 2.45) is 0 Å². The molecule has 0 saturated heterocycles. The van der Waals surface area contributed by atoms with E-state index in [4.69, 9.17) is 4.42 Å². The molecule has 0 aliphatic heterocycles.